The van der Waals surface area contributed by atoms with Gasteiger partial charge in [-0.15, -0.1) is 11.8 Å². The standard InChI is InChI=1S/C18H17Cl2NO3S/c1-11-6-13(19)2-3-15(11)21-17(22)10-25-9-12-7-14(20)18-16(8-12)23-4-5-24-18/h2-3,6-8H,4-5,9-10H2,1H3,(H,21,22). The Morgan fingerprint density at radius 1 is 1.20 bits per heavy atom. The van der Waals surface area contributed by atoms with Crippen LogP contribution in [-0.2, 0) is 10.5 Å². The number of halogens is 2. The van der Waals surface area contributed by atoms with Gasteiger partial charge in [0, 0.05) is 16.5 Å². The molecule has 7 heteroatoms. The predicted octanol–water partition coefficient (Wildman–Crippen LogP) is 4.94. The summed E-state index contributed by atoms with van der Waals surface area (Å²) in [6, 6.07) is 9.15. The zero-order chi connectivity index (χ0) is 17.8. The van der Waals surface area contributed by atoms with Crippen LogP contribution < -0.4 is 14.8 Å². The Balaban J connectivity index is 1.54. The molecule has 0 spiro atoms. The van der Waals surface area contributed by atoms with Gasteiger partial charge in [0.2, 0.25) is 5.91 Å². The number of nitrogens with one attached hydrogen (secondary N) is 1. The molecule has 1 aliphatic heterocycles. The van der Waals surface area contributed by atoms with E-state index in [1.807, 2.05) is 25.1 Å². The quantitative estimate of drug-likeness (QED) is 0.775. The summed E-state index contributed by atoms with van der Waals surface area (Å²) in [5, 5.41) is 4.09. The number of benzene rings is 2. The molecule has 1 N–H and O–H groups in total. The molecule has 0 atom stereocenters. The molecule has 2 aromatic carbocycles. The number of rotatable bonds is 5. The smallest absolute Gasteiger partial charge is 0.234 e. The Bertz CT molecular complexity index is 798. The fourth-order valence-electron chi connectivity index (χ4n) is 2.46. The van der Waals surface area contributed by atoms with E-state index in [1.165, 1.54) is 11.8 Å². The highest BCUT2D eigenvalue weighted by Crippen LogP contribution is 2.39. The lowest BCUT2D eigenvalue weighted by atomic mass is 10.2. The average Bonchev–Trinajstić information content (AvgIpc) is 2.57. The van der Waals surface area contributed by atoms with E-state index in [1.54, 1.807) is 12.1 Å². The normalized spacial score (nSPS) is 12.8. The van der Waals surface area contributed by atoms with Crippen molar-refractivity contribution in [2.24, 2.45) is 0 Å². The van der Waals surface area contributed by atoms with Crippen LogP contribution in [-0.4, -0.2) is 24.9 Å². The van der Waals surface area contributed by atoms with E-state index < -0.39 is 0 Å². The molecule has 3 rings (SSSR count). The molecule has 0 fully saturated rings. The van der Waals surface area contributed by atoms with Crippen molar-refractivity contribution in [3.05, 3.63) is 51.5 Å². The van der Waals surface area contributed by atoms with E-state index in [2.05, 4.69) is 5.32 Å². The summed E-state index contributed by atoms with van der Waals surface area (Å²) < 4.78 is 11.1. The summed E-state index contributed by atoms with van der Waals surface area (Å²) >= 11 is 13.7. The highest BCUT2D eigenvalue weighted by molar-refractivity contribution is 7.99. The lowest BCUT2D eigenvalue weighted by Gasteiger charge is -2.20. The molecule has 0 aliphatic carbocycles. The van der Waals surface area contributed by atoms with Gasteiger partial charge < -0.3 is 14.8 Å². The van der Waals surface area contributed by atoms with Crippen LogP contribution in [0.1, 0.15) is 11.1 Å². The summed E-state index contributed by atoms with van der Waals surface area (Å²) in [5.74, 6) is 2.20. The summed E-state index contributed by atoms with van der Waals surface area (Å²) in [6.07, 6.45) is 0. The number of hydrogen-bond donors (Lipinski definition) is 1. The highest BCUT2D eigenvalue weighted by atomic mass is 35.5. The minimum atomic E-state index is -0.0564. The molecular formula is C18H17Cl2NO3S. The third-order valence-corrected chi connectivity index (χ3v) is 5.14. The second-order valence-corrected chi connectivity index (χ2v) is 7.43. The van der Waals surface area contributed by atoms with Crippen molar-refractivity contribution in [2.75, 3.05) is 24.3 Å². The maximum Gasteiger partial charge on any atom is 0.234 e. The lowest BCUT2D eigenvalue weighted by molar-refractivity contribution is -0.113. The molecule has 0 saturated carbocycles. The largest absolute Gasteiger partial charge is 0.486 e. The molecular weight excluding hydrogens is 381 g/mol. The van der Waals surface area contributed by atoms with Crippen LogP contribution in [0.4, 0.5) is 5.69 Å². The van der Waals surface area contributed by atoms with Crippen LogP contribution in [0.3, 0.4) is 0 Å². The van der Waals surface area contributed by atoms with Gasteiger partial charge in [-0.1, -0.05) is 23.2 Å². The van der Waals surface area contributed by atoms with Crippen molar-refractivity contribution in [3.8, 4) is 11.5 Å². The molecule has 0 aromatic heterocycles. The van der Waals surface area contributed by atoms with Gasteiger partial charge >= 0.3 is 0 Å². The third-order valence-electron chi connectivity index (χ3n) is 3.62. The van der Waals surface area contributed by atoms with Gasteiger partial charge in [0.1, 0.15) is 13.2 Å². The molecule has 1 heterocycles. The van der Waals surface area contributed by atoms with Gasteiger partial charge in [-0.3, -0.25) is 4.79 Å². The van der Waals surface area contributed by atoms with Crippen molar-refractivity contribution in [1.29, 1.82) is 0 Å². The number of amides is 1. The molecule has 0 unspecified atom stereocenters. The summed E-state index contributed by atoms with van der Waals surface area (Å²) in [5.41, 5.74) is 2.71. The van der Waals surface area contributed by atoms with Crippen molar-refractivity contribution in [2.45, 2.75) is 12.7 Å². The van der Waals surface area contributed by atoms with E-state index >= 15 is 0 Å². The minimum absolute atomic E-state index is 0.0564. The first kappa shape index (κ1) is 18.2. The van der Waals surface area contributed by atoms with Gasteiger partial charge in [-0.2, -0.15) is 0 Å². The number of thioether (sulfide) groups is 1. The second kappa shape index (κ2) is 8.21. The van der Waals surface area contributed by atoms with Gasteiger partial charge in [0.25, 0.3) is 0 Å². The number of hydrogen-bond acceptors (Lipinski definition) is 4. The zero-order valence-corrected chi connectivity index (χ0v) is 15.9. The van der Waals surface area contributed by atoms with Gasteiger partial charge in [-0.25, -0.2) is 0 Å². The zero-order valence-electron chi connectivity index (χ0n) is 13.6. The maximum absolute atomic E-state index is 12.1. The van der Waals surface area contributed by atoms with E-state index in [0.29, 0.717) is 46.3 Å². The maximum atomic E-state index is 12.1. The third kappa shape index (κ3) is 4.75. The molecule has 2 aromatic rings. The molecule has 0 radical (unpaired) electrons. The summed E-state index contributed by atoms with van der Waals surface area (Å²) in [4.78, 5) is 12.1. The molecule has 1 aliphatic rings. The van der Waals surface area contributed by atoms with Crippen LogP contribution in [0.5, 0.6) is 11.5 Å². The molecule has 1 amide bonds. The Labute approximate surface area is 160 Å². The Hall–Kier alpha value is -1.56. The van der Waals surface area contributed by atoms with E-state index in [9.17, 15) is 4.79 Å². The monoisotopic (exact) mass is 397 g/mol. The summed E-state index contributed by atoms with van der Waals surface area (Å²) in [6.45, 7) is 2.93. The first-order valence-corrected chi connectivity index (χ1v) is 9.66. The number of carbonyl (C=O) groups is 1. The summed E-state index contributed by atoms with van der Waals surface area (Å²) in [7, 11) is 0. The number of carbonyl (C=O) groups excluding carboxylic acids is 1. The fourth-order valence-corrected chi connectivity index (χ4v) is 3.74. The van der Waals surface area contributed by atoms with Crippen molar-refractivity contribution in [1.82, 2.24) is 0 Å². The van der Waals surface area contributed by atoms with Crippen LogP contribution >= 0.6 is 35.0 Å². The van der Waals surface area contributed by atoms with Crippen molar-refractivity contribution < 1.29 is 14.3 Å². The first-order chi connectivity index (χ1) is 12.0. The van der Waals surface area contributed by atoms with Crippen LogP contribution in [0.2, 0.25) is 10.0 Å². The van der Waals surface area contributed by atoms with Gasteiger partial charge in [0.15, 0.2) is 11.5 Å². The first-order valence-electron chi connectivity index (χ1n) is 7.74. The molecule has 4 nitrogen and oxygen atoms in total. The fraction of sp³-hybridized carbons (Fsp3) is 0.278. The number of fused-ring (bicyclic) bond motifs is 1. The Morgan fingerprint density at radius 2 is 2.00 bits per heavy atom. The van der Waals surface area contributed by atoms with E-state index in [4.69, 9.17) is 32.7 Å². The second-order valence-electron chi connectivity index (χ2n) is 5.60. The van der Waals surface area contributed by atoms with E-state index in [0.717, 1.165) is 16.8 Å². The minimum Gasteiger partial charge on any atom is -0.486 e. The van der Waals surface area contributed by atoms with Crippen LogP contribution in [0.25, 0.3) is 0 Å². The lowest BCUT2D eigenvalue weighted by Crippen LogP contribution is -2.16. The Kier molecular flexibility index (Phi) is 5.99. The number of anilines is 1. The molecule has 0 bridgehead atoms. The van der Waals surface area contributed by atoms with Crippen LogP contribution in [0.15, 0.2) is 30.3 Å². The SMILES string of the molecule is Cc1cc(Cl)ccc1NC(=O)CSCc1cc(Cl)c2c(c1)OCCO2. The average molecular weight is 398 g/mol. The van der Waals surface area contributed by atoms with E-state index in [-0.39, 0.29) is 5.91 Å². The number of ether oxygens (including phenoxy) is 2. The predicted molar refractivity (Wildman–Crippen MR) is 103 cm³/mol. The molecule has 0 saturated heterocycles. The van der Waals surface area contributed by atoms with Crippen LogP contribution in [0, 0.1) is 6.92 Å². The van der Waals surface area contributed by atoms with Gasteiger partial charge in [0.05, 0.1) is 10.8 Å². The highest BCUT2D eigenvalue weighted by Gasteiger charge is 2.16. The van der Waals surface area contributed by atoms with Crippen molar-refractivity contribution in [3.63, 3.8) is 0 Å². The molecule has 25 heavy (non-hydrogen) atoms. The van der Waals surface area contributed by atoms with Gasteiger partial charge in [-0.05, 0) is 48.4 Å². The Morgan fingerprint density at radius 3 is 2.80 bits per heavy atom. The topological polar surface area (TPSA) is 47.6 Å². The van der Waals surface area contributed by atoms with Crippen molar-refractivity contribution >= 4 is 46.6 Å². The molecule has 132 valence electrons. The number of aryl methyl sites for hydroxylation is 1.